The minimum absolute atomic E-state index is 0.117. The van der Waals surface area contributed by atoms with Crippen LogP contribution in [-0.2, 0) is 4.79 Å². The number of carbonyl (C=O) groups excluding carboxylic acids is 1. The van der Waals surface area contributed by atoms with Gasteiger partial charge in [-0.1, -0.05) is 29.8 Å². The number of anilines is 1. The number of carbonyl (C=O) groups is 1. The topological polar surface area (TPSA) is 60.5 Å². The maximum Gasteiger partial charge on any atom is 0.264 e. The highest BCUT2D eigenvalue weighted by Crippen LogP contribution is 2.27. The highest BCUT2D eigenvalue weighted by atomic mass is 35.5. The van der Waals surface area contributed by atoms with Crippen LogP contribution < -0.4 is 14.8 Å². The second-order valence-corrected chi connectivity index (χ2v) is 6.36. The lowest BCUT2D eigenvalue weighted by atomic mass is 10.2. The molecule has 0 atom stereocenters. The van der Waals surface area contributed by atoms with Crippen LogP contribution in [0.1, 0.15) is 0 Å². The Morgan fingerprint density at radius 2 is 2.00 bits per heavy atom. The number of ether oxygens (including phenoxy) is 2. The van der Waals surface area contributed by atoms with Gasteiger partial charge in [0, 0.05) is 16.0 Å². The maximum absolute atomic E-state index is 12.0. The number of amides is 1. The average molecular weight is 375 g/mol. The summed E-state index contributed by atoms with van der Waals surface area (Å²) in [7, 11) is 1.62. The van der Waals surface area contributed by atoms with E-state index in [-0.39, 0.29) is 12.5 Å². The van der Waals surface area contributed by atoms with Crippen LogP contribution in [-0.4, -0.2) is 24.6 Å². The molecule has 5 nitrogen and oxygen atoms in total. The lowest BCUT2D eigenvalue weighted by molar-refractivity contribution is -0.118. The molecule has 1 heterocycles. The van der Waals surface area contributed by atoms with Crippen molar-refractivity contribution < 1.29 is 14.3 Å². The molecule has 0 aliphatic carbocycles. The van der Waals surface area contributed by atoms with E-state index in [0.717, 1.165) is 17.0 Å². The highest BCUT2D eigenvalue weighted by Gasteiger charge is 2.09. The molecular weight excluding hydrogens is 360 g/mol. The predicted molar refractivity (Wildman–Crippen MR) is 99.7 cm³/mol. The number of rotatable bonds is 6. The van der Waals surface area contributed by atoms with Crippen molar-refractivity contribution in [3.8, 4) is 22.8 Å². The van der Waals surface area contributed by atoms with Gasteiger partial charge in [0.05, 0.1) is 12.8 Å². The zero-order valence-electron chi connectivity index (χ0n) is 13.4. The fourth-order valence-corrected chi connectivity index (χ4v) is 3.02. The lowest BCUT2D eigenvalue weighted by Gasteiger charge is -2.06. The summed E-state index contributed by atoms with van der Waals surface area (Å²) in [5.74, 6) is 1.01. The molecule has 1 N–H and O–H groups in total. The first-order valence-corrected chi connectivity index (χ1v) is 8.68. The van der Waals surface area contributed by atoms with E-state index in [1.54, 1.807) is 31.4 Å². The number of halogens is 1. The Labute approximate surface area is 154 Å². The van der Waals surface area contributed by atoms with Gasteiger partial charge in [0.25, 0.3) is 5.91 Å². The second-order valence-electron chi connectivity index (χ2n) is 5.06. The van der Waals surface area contributed by atoms with Gasteiger partial charge in [-0.25, -0.2) is 4.98 Å². The van der Waals surface area contributed by atoms with Crippen LogP contribution in [0.2, 0.25) is 5.02 Å². The van der Waals surface area contributed by atoms with Crippen molar-refractivity contribution in [3.05, 3.63) is 58.9 Å². The minimum atomic E-state index is -0.286. The van der Waals surface area contributed by atoms with Crippen molar-refractivity contribution in [1.29, 1.82) is 0 Å². The normalized spacial score (nSPS) is 10.3. The van der Waals surface area contributed by atoms with E-state index in [9.17, 15) is 4.79 Å². The quantitative estimate of drug-likeness (QED) is 0.690. The predicted octanol–water partition coefficient (Wildman–Crippen LogP) is 4.49. The van der Waals surface area contributed by atoms with Crippen molar-refractivity contribution in [1.82, 2.24) is 4.98 Å². The van der Waals surface area contributed by atoms with Gasteiger partial charge in [-0.3, -0.25) is 10.1 Å². The van der Waals surface area contributed by atoms with Crippen molar-refractivity contribution in [2.24, 2.45) is 0 Å². The average Bonchev–Trinajstić information content (AvgIpc) is 3.08. The molecule has 128 valence electrons. The number of benzene rings is 2. The fraction of sp³-hybridized carbons (Fsp3) is 0.111. The standard InChI is InChI=1S/C18H15ClN2O3S/c1-23-14-6-2-4-12(8-14)16-11-25-18(20-16)21-17(22)10-24-15-7-3-5-13(19)9-15/h2-9,11H,10H2,1H3,(H,20,21,22). The summed E-state index contributed by atoms with van der Waals surface area (Å²) < 4.78 is 10.6. The third-order valence-corrected chi connectivity index (χ3v) is 4.27. The van der Waals surface area contributed by atoms with Crippen molar-refractivity contribution in [2.45, 2.75) is 0 Å². The number of aromatic nitrogens is 1. The van der Waals surface area contributed by atoms with E-state index in [1.165, 1.54) is 11.3 Å². The van der Waals surface area contributed by atoms with Gasteiger partial charge in [-0.2, -0.15) is 0 Å². The molecule has 1 aromatic heterocycles. The summed E-state index contributed by atoms with van der Waals surface area (Å²) in [4.78, 5) is 16.4. The fourth-order valence-electron chi connectivity index (χ4n) is 2.11. The lowest BCUT2D eigenvalue weighted by Crippen LogP contribution is -2.20. The first-order chi connectivity index (χ1) is 12.1. The van der Waals surface area contributed by atoms with Gasteiger partial charge in [-0.15, -0.1) is 11.3 Å². The smallest absolute Gasteiger partial charge is 0.264 e. The molecule has 0 aliphatic heterocycles. The van der Waals surface area contributed by atoms with E-state index < -0.39 is 0 Å². The minimum Gasteiger partial charge on any atom is -0.497 e. The van der Waals surface area contributed by atoms with Crippen LogP contribution >= 0.6 is 22.9 Å². The zero-order valence-corrected chi connectivity index (χ0v) is 14.9. The van der Waals surface area contributed by atoms with Gasteiger partial charge in [0.15, 0.2) is 11.7 Å². The zero-order chi connectivity index (χ0) is 17.6. The van der Waals surface area contributed by atoms with Crippen LogP contribution in [0.5, 0.6) is 11.5 Å². The first-order valence-electron chi connectivity index (χ1n) is 7.42. The van der Waals surface area contributed by atoms with Gasteiger partial charge >= 0.3 is 0 Å². The number of thiazole rings is 1. The van der Waals surface area contributed by atoms with Gasteiger partial charge in [-0.05, 0) is 30.3 Å². The van der Waals surface area contributed by atoms with E-state index in [4.69, 9.17) is 21.1 Å². The SMILES string of the molecule is COc1cccc(-c2csc(NC(=O)COc3cccc(Cl)c3)n2)c1. The van der Waals surface area contributed by atoms with Crippen molar-refractivity contribution in [3.63, 3.8) is 0 Å². The molecule has 1 amide bonds. The molecule has 0 bridgehead atoms. The second kappa shape index (κ2) is 8.00. The molecule has 3 aromatic rings. The van der Waals surface area contributed by atoms with Gasteiger partial charge < -0.3 is 9.47 Å². The monoisotopic (exact) mass is 374 g/mol. The Kier molecular flexibility index (Phi) is 5.53. The van der Waals surface area contributed by atoms with E-state index in [1.807, 2.05) is 29.6 Å². The van der Waals surface area contributed by atoms with Crippen LogP contribution in [0.25, 0.3) is 11.3 Å². The molecule has 7 heteroatoms. The molecule has 0 fully saturated rings. The van der Waals surface area contributed by atoms with Crippen LogP contribution in [0.15, 0.2) is 53.9 Å². The third-order valence-electron chi connectivity index (χ3n) is 3.28. The van der Waals surface area contributed by atoms with Gasteiger partial charge in [0.2, 0.25) is 0 Å². The molecule has 0 aliphatic rings. The van der Waals surface area contributed by atoms with Crippen LogP contribution in [0, 0.1) is 0 Å². The van der Waals surface area contributed by atoms with E-state index in [2.05, 4.69) is 10.3 Å². The maximum atomic E-state index is 12.0. The Morgan fingerprint density at radius 3 is 2.80 bits per heavy atom. The van der Waals surface area contributed by atoms with E-state index >= 15 is 0 Å². The van der Waals surface area contributed by atoms with Crippen molar-refractivity contribution in [2.75, 3.05) is 19.0 Å². The molecular formula is C18H15ClN2O3S. The largest absolute Gasteiger partial charge is 0.497 e. The van der Waals surface area contributed by atoms with Crippen molar-refractivity contribution >= 4 is 34.0 Å². The first kappa shape index (κ1) is 17.3. The summed E-state index contributed by atoms with van der Waals surface area (Å²) in [6, 6.07) is 14.5. The molecule has 0 unspecified atom stereocenters. The Bertz CT molecular complexity index is 882. The Morgan fingerprint density at radius 1 is 1.20 bits per heavy atom. The molecule has 0 radical (unpaired) electrons. The Balaban J connectivity index is 1.60. The molecule has 0 saturated carbocycles. The molecule has 0 spiro atoms. The van der Waals surface area contributed by atoms with Gasteiger partial charge in [0.1, 0.15) is 11.5 Å². The Hall–Kier alpha value is -2.57. The highest BCUT2D eigenvalue weighted by molar-refractivity contribution is 7.14. The number of nitrogens with one attached hydrogen (secondary N) is 1. The number of hydrogen-bond donors (Lipinski definition) is 1. The summed E-state index contributed by atoms with van der Waals surface area (Å²) in [6.07, 6.45) is 0. The molecule has 0 saturated heterocycles. The molecule has 3 rings (SSSR count). The van der Waals surface area contributed by atoms with E-state index in [0.29, 0.717) is 15.9 Å². The number of methoxy groups -OCH3 is 1. The number of nitrogens with zero attached hydrogens (tertiary/aromatic N) is 1. The summed E-state index contributed by atoms with van der Waals surface area (Å²) in [5, 5.41) is 5.67. The summed E-state index contributed by atoms with van der Waals surface area (Å²) >= 11 is 7.22. The van der Waals surface area contributed by atoms with Crippen LogP contribution in [0.4, 0.5) is 5.13 Å². The summed E-state index contributed by atoms with van der Waals surface area (Å²) in [5.41, 5.74) is 1.70. The molecule has 25 heavy (non-hydrogen) atoms. The summed E-state index contributed by atoms with van der Waals surface area (Å²) in [6.45, 7) is -0.117. The molecule has 2 aromatic carbocycles. The third kappa shape index (κ3) is 4.71. The van der Waals surface area contributed by atoms with Crippen LogP contribution in [0.3, 0.4) is 0 Å². The number of hydrogen-bond acceptors (Lipinski definition) is 5.